The van der Waals surface area contributed by atoms with Gasteiger partial charge in [-0.1, -0.05) is 25.1 Å². The highest BCUT2D eigenvalue weighted by Gasteiger charge is 2.18. The highest BCUT2D eigenvalue weighted by atomic mass is 16.5. The zero-order valence-corrected chi connectivity index (χ0v) is 10.9. The molecule has 0 aliphatic rings. The molecule has 0 spiro atoms. The van der Waals surface area contributed by atoms with E-state index in [0.717, 1.165) is 27.8 Å². The number of fused-ring (bicyclic) bond motifs is 1. The van der Waals surface area contributed by atoms with E-state index >= 15 is 0 Å². The Bertz CT molecular complexity index is 731. The van der Waals surface area contributed by atoms with E-state index in [4.69, 9.17) is 10.3 Å². The van der Waals surface area contributed by atoms with Crippen LogP contribution in [0.3, 0.4) is 0 Å². The lowest BCUT2D eigenvalue weighted by Gasteiger charge is -2.06. The molecule has 0 aliphatic carbocycles. The molecule has 3 aromatic rings. The molecular weight excluding hydrogens is 238 g/mol. The molecule has 2 aromatic heterocycles. The van der Waals surface area contributed by atoms with Crippen molar-refractivity contribution in [1.29, 1.82) is 0 Å². The fraction of sp³-hybridized carbons (Fsp3) is 0.200. The van der Waals surface area contributed by atoms with Gasteiger partial charge in [-0.2, -0.15) is 0 Å². The first-order valence-electron chi connectivity index (χ1n) is 6.27. The molecule has 0 aliphatic heterocycles. The van der Waals surface area contributed by atoms with Gasteiger partial charge in [0.1, 0.15) is 0 Å². The second kappa shape index (κ2) is 4.39. The van der Waals surface area contributed by atoms with Gasteiger partial charge in [-0.25, -0.2) is 0 Å². The number of nitrogen functional groups attached to an aromatic ring is 1. The molecule has 19 heavy (non-hydrogen) atoms. The Morgan fingerprint density at radius 3 is 2.84 bits per heavy atom. The summed E-state index contributed by atoms with van der Waals surface area (Å²) in [6.45, 7) is 4.16. The van der Waals surface area contributed by atoms with Crippen LogP contribution in [-0.4, -0.2) is 10.1 Å². The average Bonchev–Trinajstić information content (AvgIpc) is 2.80. The van der Waals surface area contributed by atoms with Gasteiger partial charge in [0.2, 0.25) is 0 Å². The standard InChI is InChI=1S/C15H15N3O/c1-9(2)13-14(19-18-15(13)16)11-5-6-12-10(8-11)4-3-7-17-12/h3-9H,1-2H3,(H2,16,18). The number of hydrogen-bond donors (Lipinski definition) is 1. The first-order valence-corrected chi connectivity index (χ1v) is 6.27. The fourth-order valence-corrected chi connectivity index (χ4v) is 2.29. The number of aromatic nitrogens is 2. The summed E-state index contributed by atoms with van der Waals surface area (Å²) in [4.78, 5) is 4.31. The third kappa shape index (κ3) is 1.95. The Labute approximate surface area is 111 Å². The van der Waals surface area contributed by atoms with Gasteiger partial charge in [0, 0.05) is 22.7 Å². The van der Waals surface area contributed by atoms with E-state index in [1.165, 1.54) is 0 Å². The van der Waals surface area contributed by atoms with E-state index in [2.05, 4.69) is 24.0 Å². The molecule has 4 nitrogen and oxygen atoms in total. The minimum absolute atomic E-state index is 0.269. The van der Waals surface area contributed by atoms with E-state index in [9.17, 15) is 0 Å². The van der Waals surface area contributed by atoms with E-state index in [1.54, 1.807) is 6.20 Å². The Morgan fingerprint density at radius 1 is 1.21 bits per heavy atom. The first-order chi connectivity index (χ1) is 9.16. The van der Waals surface area contributed by atoms with Crippen molar-refractivity contribution in [1.82, 2.24) is 10.1 Å². The van der Waals surface area contributed by atoms with Crippen molar-refractivity contribution in [2.45, 2.75) is 19.8 Å². The maximum atomic E-state index is 5.88. The third-order valence-corrected chi connectivity index (χ3v) is 3.20. The Kier molecular flexibility index (Phi) is 2.71. The molecular formula is C15H15N3O. The van der Waals surface area contributed by atoms with Crippen LogP contribution in [0.25, 0.3) is 22.2 Å². The number of hydrogen-bond acceptors (Lipinski definition) is 4. The van der Waals surface area contributed by atoms with Gasteiger partial charge in [-0.15, -0.1) is 0 Å². The molecule has 0 radical (unpaired) electrons. The average molecular weight is 253 g/mol. The summed E-state index contributed by atoms with van der Waals surface area (Å²) in [6, 6.07) is 9.97. The van der Waals surface area contributed by atoms with E-state index < -0.39 is 0 Å². The number of pyridine rings is 1. The molecule has 2 N–H and O–H groups in total. The molecule has 0 fully saturated rings. The lowest BCUT2D eigenvalue weighted by molar-refractivity contribution is 0.434. The number of benzene rings is 1. The summed E-state index contributed by atoms with van der Waals surface area (Å²) in [5.74, 6) is 1.49. The van der Waals surface area contributed by atoms with Crippen molar-refractivity contribution in [3.05, 3.63) is 42.1 Å². The van der Waals surface area contributed by atoms with Gasteiger partial charge in [0.25, 0.3) is 0 Å². The molecule has 4 heteroatoms. The predicted octanol–water partition coefficient (Wildman–Crippen LogP) is 3.60. The van der Waals surface area contributed by atoms with Crippen LogP contribution in [0, 0.1) is 0 Å². The van der Waals surface area contributed by atoms with Gasteiger partial charge in [-0.3, -0.25) is 4.98 Å². The van der Waals surface area contributed by atoms with Crippen molar-refractivity contribution in [3.8, 4) is 11.3 Å². The van der Waals surface area contributed by atoms with Crippen molar-refractivity contribution in [3.63, 3.8) is 0 Å². The molecule has 0 atom stereocenters. The van der Waals surface area contributed by atoms with Crippen molar-refractivity contribution >= 4 is 16.7 Å². The molecule has 0 saturated carbocycles. The Balaban J connectivity index is 2.19. The number of anilines is 1. The SMILES string of the molecule is CC(C)c1c(N)noc1-c1ccc2ncccc2c1. The lowest BCUT2D eigenvalue weighted by Crippen LogP contribution is -1.95. The summed E-state index contributed by atoms with van der Waals surface area (Å²) in [5, 5.41) is 4.96. The number of nitrogens with zero attached hydrogens (tertiary/aromatic N) is 2. The quantitative estimate of drug-likeness (QED) is 0.757. The largest absolute Gasteiger partial charge is 0.381 e. The molecule has 3 rings (SSSR count). The normalized spacial score (nSPS) is 11.3. The maximum Gasteiger partial charge on any atom is 0.172 e. The summed E-state index contributed by atoms with van der Waals surface area (Å²) in [5.41, 5.74) is 8.78. The number of nitrogens with two attached hydrogens (primary N) is 1. The fourth-order valence-electron chi connectivity index (χ4n) is 2.29. The minimum atomic E-state index is 0.269. The predicted molar refractivity (Wildman–Crippen MR) is 75.7 cm³/mol. The van der Waals surface area contributed by atoms with E-state index in [1.807, 2.05) is 30.3 Å². The van der Waals surface area contributed by atoms with Crippen LogP contribution in [-0.2, 0) is 0 Å². The van der Waals surface area contributed by atoms with Gasteiger partial charge < -0.3 is 10.3 Å². The summed E-state index contributed by atoms with van der Waals surface area (Å²) in [6.07, 6.45) is 1.79. The topological polar surface area (TPSA) is 64.9 Å². The first kappa shape index (κ1) is 11.7. The van der Waals surface area contributed by atoms with Gasteiger partial charge in [0.15, 0.2) is 11.6 Å². The molecule has 0 unspecified atom stereocenters. The Hall–Kier alpha value is -2.36. The molecule has 0 bridgehead atoms. The highest BCUT2D eigenvalue weighted by molar-refractivity contribution is 5.84. The van der Waals surface area contributed by atoms with Crippen molar-refractivity contribution < 1.29 is 4.52 Å². The smallest absolute Gasteiger partial charge is 0.172 e. The van der Waals surface area contributed by atoms with Crippen LogP contribution < -0.4 is 5.73 Å². The van der Waals surface area contributed by atoms with Gasteiger partial charge in [0.05, 0.1) is 5.52 Å². The zero-order chi connectivity index (χ0) is 13.4. The second-order valence-electron chi connectivity index (χ2n) is 4.88. The molecule has 0 saturated heterocycles. The minimum Gasteiger partial charge on any atom is -0.381 e. The monoisotopic (exact) mass is 253 g/mol. The molecule has 2 heterocycles. The van der Waals surface area contributed by atoms with Gasteiger partial charge in [-0.05, 0) is 30.2 Å². The number of rotatable bonds is 2. The maximum absolute atomic E-state index is 5.88. The summed E-state index contributed by atoms with van der Waals surface area (Å²) >= 11 is 0. The van der Waals surface area contributed by atoms with Crippen LogP contribution in [0.4, 0.5) is 5.82 Å². The Morgan fingerprint density at radius 2 is 2.05 bits per heavy atom. The van der Waals surface area contributed by atoms with Gasteiger partial charge >= 0.3 is 0 Å². The lowest BCUT2D eigenvalue weighted by atomic mass is 9.98. The summed E-state index contributed by atoms with van der Waals surface area (Å²) < 4.78 is 5.40. The highest BCUT2D eigenvalue weighted by Crippen LogP contribution is 2.34. The van der Waals surface area contributed by atoms with Crippen molar-refractivity contribution in [2.24, 2.45) is 0 Å². The van der Waals surface area contributed by atoms with Crippen LogP contribution in [0.2, 0.25) is 0 Å². The van der Waals surface area contributed by atoms with Crippen LogP contribution in [0.1, 0.15) is 25.3 Å². The van der Waals surface area contributed by atoms with Crippen LogP contribution >= 0.6 is 0 Å². The summed E-state index contributed by atoms with van der Waals surface area (Å²) in [7, 11) is 0. The molecule has 1 aromatic carbocycles. The molecule has 96 valence electrons. The zero-order valence-electron chi connectivity index (χ0n) is 10.9. The molecule has 0 amide bonds. The van der Waals surface area contributed by atoms with Crippen LogP contribution in [0.5, 0.6) is 0 Å². The van der Waals surface area contributed by atoms with Crippen LogP contribution in [0.15, 0.2) is 41.1 Å². The third-order valence-electron chi connectivity index (χ3n) is 3.20. The van der Waals surface area contributed by atoms with Crippen molar-refractivity contribution in [2.75, 3.05) is 5.73 Å². The van der Waals surface area contributed by atoms with E-state index in [0.29, 0.717) is 5.82 Å². The second-order valence-corrected chi connectivity index (χ2v) is 4.88. The van der Waals surface area contributed by atoms with E-state index in [-0.39, 0.29) is 5.92 Å².